The number of carbonyl (C=O) groups is 1. The van der Waals surface area contributed by atoms with E-state index in [9.17, 15) is 9.90 Å². The Labute approximate surface area is 98.4 Å². The van der Waals surface area contributed by atoms with Gasteiger partial charge in [-0.15, -0.1) is 0 Å². The third-order valence-electron chi connectivity index (χ3n) is 3.12. The Morgan fingerprint density at radius 3 is 2.88 bits per heavy atom. The average molecular weight is 244 g/mol. The Morgan fingerprint density at radius 1 is 1.81 bits per heavy atom. The molecule has 88 valence electrons. The van der Waals surface area contributed by atoms with Crippen molar-refractivity contribution in [3.05, 3.63) is 17.4 Å². The van der Waals surface area contributed by atoms with E-state index in [1.54, 1.807) is 17.9 Å². The van der Waals surface area contributed by atoms with Crippen LogP contribution in [0.15, 0.2) is 12.4 Å². The average Bonchev–Trinajstić information content (AvgIpc) is 3.00. The van der Waals surface area contributed by atoms with E-state index in [0.717, 1.165) is 12.8 Å². The van der Waals surface area contributed by atoms with Gasteiger partial charge in [-0.2, -0.15) is 5.10 Å². The van der Waals surface area contributed by atoms with Crippen molar-refractivity contribution < 1.29 is 9.90 Å². The van der Waals surface area contributed by atoms with Gasteiger partial charge in [-0.1, -0.05) is 11.6 Å². The SMILES string of the molecule is CNC(Cn1cc(Cl)cn1)(C(=O)O)C1CC1. The molecule has 1 aliphatic rings. The molecule has 0 bridgehead atoms. The number of aliphatic carboxylic acids is 1. The predicted octanol–water partition coefficient (Wildman–Crippen LogP) is 0.989. The predicted molar refractivity (Wildman–Crippen MR) is 59.4 cm³/mol. The second kappa shape index (κ2) is 4.07. The molecule has 6 heteroatoms. The third-order valence-corrected chi connectivity index (χ3v) is 3.31. The monoisotopic (exact) mass is 243 g/mol. The molecule has 1 saturated carbocycles. The Morgan fingerprint density at radius 2 is 2.50 bits per heavy atom. The molecule has 0 aromatic carbocycles. The van der Waals surface area contributed by atoms with Crippen molar-refractivity contribution in [2.75, 3.05) is 7.05 Å². The lowest BCUT2D eigenvalue weighted by Crippen LogP contribution is -2.55. The quantitative estimate of drug-likeness (QED) is 0.809. The number of halogens is 1. The minimum atomic E-state index is -0.921. The van der Waals surface area contributed by atoms with Gasteiger partial charge in [-0.3, -0.25) is 9.48 Å². The fourth-order valence-corrected chi connectivity index (χ4v) is 2.17. The van der Waals surface area contributed by atoms with Crippen LogP contribution >= 0.6 is 11.6 Å². The van der Waals surface area contributed by atoms with Crippen LogP contribution in [0.25, 0.3) is 0 Å². The summed E-state index contributed by atoms with van der Waals surface area (Å²) in [4.78, 5) is 11.4. The first-order valence-corrected chi connectivity index (χ1v) is 5.56. The molecule has 0 spiro atoms. The lowest BCUT2D eigenvalue weighted by Gasteiger charge is -2.28. The highest BCUT2D eigenvalue weighted by Gasteiger charge is 2.50. The molecule has 2 N–H and O–H groups in total. The van der Waals surface area contributed by atoms with Gasteiger partial charge in [0.2, 0.25) is 0 Å². The first-order chi connectivity index (χ1) is 7.58. The van der Waals surface area contributed by atoms with Crippen LogP contribution in [0.4, 0.5) is 0 Å². The number of hydrogen-bond acceptors (Lipinski definition) is 3. The zero-order chi connectivity index (χ0) is 11.8. The molecular formula is C10H14ClN3O2. The molecule has 5 nitrogen and oxygen atoms in total. The summed E-state index contributed by atoms with van der Waals surface area (Å²) >= 11 is 5.76. The number of likely N-dealkylation sites (N-methyl/N-ethyl adjacent to an activating group) is 1. The first kappa shape index (κ1) is 11.4. The Bertz CT molecular complexity index is 403. The fraction of sp³-hybridized carbons (Fsp3) is 0.600. The van der Waals surface area contributed by atoms with E-state index < -0.39 is 11.5 Å². The maximum absolute atomic E-state index is 11.4. The minimum absolute atomic E-state index is 0.179. The van der Waals surface area contributed by atoms with Crippen LogP contribution in [0.3, 0.4) is 0 Å². The number of aromatic nitrogens is 2. The van der Waals surface area contributed by atoms with E-state index in [4.69, 9.17) is 11.6 Å². The maximum Gasteiger partial charge on any atom is 0.326 e. The molecule has 1 aromatic heterocycles. The number of rotatable bonds is 5. The van der Waals surface area contributed by atoms with E-state index in [2.05, 4.69) is 10.4 Å². The number of nitrogens with one attached hydrogen (secondary N) is 1. The van der Waals surface area contributed by atoms with Crippen molar-refractivity contribution in [2.24, 2.45) is 5.92 Å². The highest BCUT2D eigenvalue weighted by molar-refractivity contribution is 6.30. The smallest absolute Gasteiger partial charge is 0.326 e. The number of carboxylic acids is 1. The summed E-state index contributed by atoms with van der Waals surface area (Å²) in [5, 5.41) is 16.8. The van der Waals surface area contributed by atoms with Crippen molar-refractivity contribution in [1.29, 1.82) is 0 Å². The van der Waals surface area contributed by atoms with E-state index in [0.29, 0.717) is 11.6 Å². The van der Waals surface area contributed by atoms with Crippen LogP contribution in [-0.2, 0) is 11.3 Å². The summed E-state index contributed by atoms with van der Waals surface area (Å²) in [5.74, 6) is -0.651. The normalized spacial score (nSPS) is 19.4. The molecule has 1 heterocycles. The molecule has 0 saturated heterocycles. The van der Waals surface area contributed by atoms with E-state index in [-0.39, 0.29) is 5.92 Å². The van der Waals surface area contributed by atoms with Crippen molar-refractivity contribution >= 4 is 17.6 Å². The molecular weight excluding hydrogens is 230 g/mol. The molecule has 2 rings (SSSR count). The van der Waals surface area contributed by atoms with Gasteiger partial charge in [0.1, 0.15) is 5.54 Å². The Kier molecular flexibility index (Phi) is 2.90. The van der Waals surface area contributed by atoms with Gasteiger partial charge in [-0.25, -0.2) is 0 Å². The third kappa shape index (κ3) is 1.92. The summed E-state index contributed by atoms with van der Waals surface area (Å²) in [6, 6.07) is 0. The van der Waals surface area contributed by atoms with Crippen molar-refractivity contribution in [3.63, 3.8) is 0 Å². The summed E-state index contributed by atoms with van der Waals surface area (Å²) in [7, 11) is 1.68. The second-order valence-electron chi connectivity index (χ2n) is 4.16. The summed E-state index contributed by atoms with van der Waals surface area (Å²) in [6.45, 7) is 0.302. The van der Waals surface area contributed by atoms with Gasteiger partial charge in [-0.05, 0) is 25.8 Å². The zero-order valence-electron chi connectivity index (χ0n) is 8.98. The van der Waals surface area contributed by atoms with Gasteiger partial charge in [0.25, 0.3) is 0 Å². The van der Waals surface area contributed by atoms with E-state index in [1.165, 1.54) is 6.20 Å². The lowest BCUT2D eigenvalue weighted by atomic mass is 9.93. The Balaban J connectivity index is 2.22. The van der Waals surface area contributed by atoms with Gasteiger partial charge >= 0.3 is 5.97 Å². The standard InChI is InChI=1S/C10H14ClN3O2/c1-12-10(9(15)16,7-2-3-7)6-14-5-8(11)4-13-14/h4-5,7,12H,2-3,6H2,1H3,(H,15,16). The van der Waals surface area contributed by atoms with Crippen molar-refractivity contribution in [3.8, 4) is 0 Å². The summed E-state index contributed by atoms with van der Waals surface area (Å²) in [6.07, 6.45) is 5.04. The minimum Gasteiger partial charge on any atom is -0.480 e. The molecule has 0 aliphatic heterocycles. The molecule has 1 fully saturated rings. The van der Waals surface area contributed by atoms with Crippen LogP contribution in [0.2, 0.25) is 5.02 Å². The number of nitrogens with zero attached hydrogens (tertiary/aromatic N) is 2. The van der Waals surface area contributed by atoms with Gasteiger partial charge < -0.3 is 10.4 Å². The topological polar surface area (TPSA) is 67.2 Å². The van der Waals surface area contributed by atoms with E-state index in [1.807, 2.05) is 0 Å². The zero-order valence-corrected chi connectivity index (χ0v) is 9.74. The largest absolute Gasteiger partial charge is 0.480 e. The second-order valence-corrected chi connectivity index (χ2v) is 4.59. The molecule has 1 aromatic rings. The fourth-order valence-electron chi connectivity index (χ4n) is 2.02. The van der Waals surface area contributed by atoms with E-state index >= 15 is 0 Å². The number of carboxylic acid groups (broad SMARTS) is 1. The highest BCUT2D eigenvalue weighted by Crippen LogP contribution is 2.40. The van der Waals surface area contributed by atoms with Crippen molar-refractivity contribution in [1.82, 2.24) is 15.1 Å². The van der Waals surface area contributed by atoms with Crippen LogP contribution in [-0.4, -0.2) is 33.4 Å². The molecule has 16 heavy (non-hydrogen) atoms. The van der Waals surface area contributed by atoms with Crippen LogP contribution in [0, 0.1) is 5.92 Å². The summed E-state index contributed by atoms with van der Waals surface area (Å²) in [5.41, 5.74) is -0.921. The maximum atomic E-state index is 11.4. The molecule has 1 unspecified atom stereocenters. The van der Waals surface area contributed by atoms with Gasteiger partial charge in [0, 0.05) is 6.20 Å². The van der Waals surface area contributed by atoms with Crippen LogP contribution in [0.5, 0.6) is 0 Å². The highest BCUT2D eigenvalue weighted by atomic mass is 35.5. The molecule has 0 amide bonds. The molecule has 1 aliphatic carbocycles. The molecule has 1 atom stereocenters. The Hall–Kier alpha value is -1.07. The van der Waals surface area contributed by atoms with Crippen molar-refractivity contribution in [2.45, 2.75) is 24.9 Å². The first-order valence-electron chi connectivity index (χ1n) is 5.19. The van der Waals surface area contributed by atoms with Crippen LogP contribution < -0.4 is 5.32 Å². The van der Waals surface area contributed by atoms with Crippen LogP contribution in [0.1, 0.15) is 12.8 Å². The van der Waals surface area contributed by atoms with Gasteiger partial charge in [0.05, 0.1) is 17.8 Å². The van der Waals surface area contributed by atoms with Gasteiger partial charge in [0.15, 0.2) is 0 Å². The molecule has 0 radical (unpaired) electrons. The summed E-state index contributed by atoms with van der Waals surface area (Å²) < 4.78 is 1.57. The number of hydrogen-bond donors (Lipinski definition) is 2. The lowest BCUT2D eigenvalue weighted by molar-refractivity contribution is -0.146.